The predicted molar refractivity (Wildman–Crippen MR) is 73.7 cm³/mol. The van der Waals surface area contributed by atoms with E-state index in [-0.39, 0.29) is 11.5 Å². The highest BCUT2D eigenvalue weighted by Gasteiger charge is 2.41. The first kappa shape index (κ1) is 13.1. The van der Waals surface area contributed by atoms with Crippen LogP contribution >= 0.6 is 0 Å². The van der Waals surface area contributed by atoms with Crippen LogP contribution in [0.1, 0.15) is 30.1 Å². The van der Waals surface area contributed by atoms with Crippen molar-refractivity contribution in [3.8, 4) is 0 Å². The molecule has 1 aliphatic rings. The average Bonchev–Trinajstić information content (AvgIpc) is 3.18. The third-order valence-corrected chi connectivity index (χ3v) is 4.03. The van der Waals surface area contributed by atoms with E-state index < -0.39 is 11.4 Å². The fourth-order valence-electron chi connectivity index (χ4n) is 2.55. The van der Waals surface area contributed by atoms with Gasteiger partial charge in [0.15, 0.2) is 0 Å². The lowest BCUT2D eigenvalue weighted by molar-refractivity contribution is 0.0899. The average molecular weight is 276 g/mol. The molecular formula is C14H17FN4O. The number of carbonyl (C=O) groups excluding carboxylic acids is 1. The Hall–Kier alpha value is -1.95. The number of hydrogen-bond donors (Lipinski definition) is 3. The van der Waals surface area contributed by atoms with Crippen molar-refractivity contribution in [1.29, 1.82) is 0 Å². The normalized spacial score (nSPS) is 17.9. The molecule has 4 N–H and O–H groups in total. The van der Waals surface area contributed by atoms with Gasteiger partial charge in [0.25, 0.3) is 5.91 Å². The molecule has 1 amide bonds. The maximum Gasteiger partial charge on any atom is 0.254 e. The van der Waals surface area contributed by atoms with Crippen molar-refractivity contribution in [2.45, 2.75) is 25.3 Å². The van der Waals surface area contributed by atoms with Crippen molar-refractivity contribution < 1.29 is 9.18 Å². The zero-order valence-electron chi connectivity index (χ0n) is 11.2. The Morgan fingerprint density at radius 2 is 2.35 bits per heavy atom. The maximum absolute atomic E-state index is 13.6. The van der Waals surface area contributed by atoms with Crippen LogP contribution in [-0.2, 0) is 0 Å². The molecule has 0 radical (unpaired) electrons. The minimum atomic E-state index is -0.465. The lowest BCUT2D eigenvalue weighted by Crippen LogP contribution is -2.53. The smallest absolute Gasteiger partial charge is 0.254 e. The lowest BCUT2D eigenvalue weighted by atomic mass is 9.95. The maximum atomic E-state index is 13.6. The SMILES string of the molecule is CC(CN)(NC(=O)c1cc(F)cc2[nH]cnc12)C1CC1. The topological polar surface area (TPSA) is 83.8 Å². The van der Waals surface area contributed by atoms with Gasteiger partial charge in [-0.25, -0.2) is 9.37 Å². The van der Waals surface area contributed by atoms with Crippen molar-refractivity contribution >= 4 is 16.9 Å². The molecule has 106 valence electrons. The van der Waals surface area contributed by atoms with E-state index >= 15 is 0 Å². The third kappa shape index (κ3) is 2.16. The van der Waals surface area contributed by atoms with Crippen molar-refractivity contribution in [2.75, 3.05) is 6.54 Å². The second-order valence-electron chi connectivity index (χ2n) is 5.60. The third-order valence-electron chi connectivity index (χ3n) is 4.03. The molecule has 1 fully saturated rings. The molecule has 20 heavy (non-hydrogen) atoms. The molecule has 6 heteroatoms. The number of aromatic nitrogens is 2. The number of benzene rings is 1. The van der Waals surface area contributed by atoms with Gasteiger partial charge in [-0.05, 0) is 37.8 Å². The first-order chi connectivity index (χ1) is 9.53. The standard InChI is InChI=1S/C14H17FN4O/c1-14(6-16,8-2-3-8)19-13(20)10-4-9(15)5-11-12(10)18-7-17-11/h4-5,7-8H,2-3,6,16H2,1H3,(H,17,18)(H,19,20). The Bertz CT molecular complexity index is 664. The minimum Gasteiger partial charge on any atom is -0.345 e. The zero-order valence-corrected chi connectivity index (χ0v) is 11.2. The number of fused-ring (bicyclic) bond motifs is 1. The molecule has 1 atom stereocenters. The highest BCUT2D eigenvalue weighted by atomic mass is 19.1. The molecule has 1 heterocycles. The quantitative estimate of drug-likeness (QED) is 0.792. The summed E-state index contributed by atoms with van der Waals surface area (Å²) in [6, 6.07) is 2.53. The monoisotopic (exact) mass is 276 g/mol. The molecule has 1 unspecified atom stereocenters. The van der Waals surface area contributed by atoms with Crippen LogP contribution in [0.25, 0.3) is 11.0 Å². The Morgan fingerprint density at radius 1 is 1.60 bits per heavy atom. The Labute approximate surface area is 115 Å². The highest BCUT2D eigenvalue weighted by molar-refractivity contribution is 6.05. The number of imidazole rings is 1. The molecule has 0 aliphatic heterocycles. The first-order valence-electron chi connectivity index (χ1n) is 6.69. The van der Waals surface area contributed by atoms with Gasteiger partial charge in [-0.1, -0.05) is 0 Å². The summed E-state index contributed by atoms with van der Waals surface area (Å²) < 4.78 is 13.6. The number of halogens is 1. The molecule has 0 bridgehead atoms. The van der Waals surface area contributed by atoms with Crippen LogP contribution in [-0.4, -0.2) is 28.0 Å². The van der Waals surface area contributed by atoms with E-state index in [1.165, 1.54) is 18.5 Å². The van der Waals surface area contributed by atoms with Gasteiger partial charge < -0.3 is 16.0 Å². The van der Waals surface area contributed by atoms with Crippen LogP contribution in [0.4, 0.5) is 4.39 Å². The van der Waals surface area contributed by atoms with Gasteiger partial charge in [-0.15, -0.1) is 0 Å². The molecule has 2 aromatic rings. The zero-order chi connectivity index (χ0) is 14.3. The Morgan fingerprint density at radius 3 is 3.00 bits per heavy atom. The number of nitrogens with zero attached hydrogens (tertiary/aromatic N) is 1. The fraction of sp³-hybridized carbons (Fsp3) is 0.429. The van der Waals surface area contributed by atoms with Crippen LogP contribution in [0.5, 0.6) is 0 Å². The van der Waals surface area contributed by atoms with Crippen LogP contribution < -0.4 is 11.1 Å². The number of aromatic amines is 1. The van der Waals surface area contributed by atoms with Crippen molar-refractivity contribution in [1.82, 2.24) is 15.3 Å². The van der Waals surface area contributed by atoms with Gasteiger partial charge in [0.1, 0.15) is 11.3 Å². The molecule has 0 spiro atoms. The summed E-state index contributed by atoms with van der Waals surface area (Å²) in [5.41, 5.74) is 6.57. The summed E-state index contributed by atoms with van der Waals surface area (Å²) in [4.78, 5) is 19.3. The molecular weight excluding hydrogens is 259 g/mol. The van der Waals surface area contributed by atoms with E-state index in [1.54, 1.807) is 0 Å². The van der Waals surface area contributed by atoms with Gasteiger partial charge in [-0.3, -0.25) is 4.79 Å². The Kier molecular flexibility index (Phi) is 2.97. The molecule has 3 rings (SSSR count). The van der Waals surface area contributed by atoms with Gasteiger partial charge >= 0.3 is 0 Å². The van der Waals surface area contributed by atoms with Crippen LogP contribution in [0.15, 0.2) is 18.5 Å². The molecule has 1 aromatic heterocycles. The van der Waals surface area contributed by atoms with Crippen LogP contribution in [0, 0.1) is 11.7 Å². The molecule has 1 aromatic carbocycles. The summed E-state index contributed by atoms with van der Waals surface area (Å²) in [5.74, 6) is -0.395. The summed E-state index contributed by atoms with van der Waals surface area (Å²) in [5, 5.41) is 2.95. The summed E-state index contributed by atoms with van der Waals surface area (Å²) in [6.45, 7) is 2.30. The van der Waals surface area contributed by atoms with Gasteiger partial charge in [0, 0.05) is 6.54 Å². The number of nitrogens with one attached hydrogen (secondary N) is 2. The lowest BCUT2D eigenvalue weighted by Gasteiger charge is -2.29. The van der Waals surface area contributed by atoms with Gasteiger partial charge in [-0.2, -0.15) is 0 Å². The number of amides is 1. The largest absolute Gasteiger partial charge is 0.345 e. The second-order valence-corrected chi connectivity index (χ2v) is 5.60. The van der Waals surface area contributed by atoms with E-state index in [0.29, 0.717) is 23.5 Å². The number of hydrogen-bond acceptors (Lipinski definition) is 3. The van der Waals surface area contributed by atoms with Crippen LogP contribution in [0.3, 0.4) is 0 Å². The highest BCUT2D eigenvalue weighted by Crippen LogP contribution is 2.39. The summed E-state index contributed by atoms with van der Waals surface area (Å²) in [6.07, 6.45) is 3.58. The minimum absolute atomic E-state index is 0.238. The molecule has 0 saturated heterocycles. The second kappa shape index (κ2) is 4.56. The Balaban J connectivity index is 1.94. The van der Waals surface area contributed by atoms with E-state index in [0.717, 1.165) is 12.8 Å². The number of H-pyrrole nitrogens is 1. The summed E-state index contributed by atoms with van der Waals surface area (Å²) >= 11 is 0. The number of carbonyl (C=O) groups is 1. The molecule has 1 aliphatic carbocycles. The van der Waals surface area contributed by atoms with E-state index in [4.69, 9.17) is 5.73 Å². The van der Waals surface area contributed by atoms with Crippen molar-refractivity contribution in [2.24, 2.45) is 11.7 Å². The van der Waals surface area contributed by atoms with Crippen molar-refractivity contribution in [3.05, 3.63) is 29.8 Å². The van der Waals surface area contributed by atoms with Gasteiger partial charge in [0.2, 0.25) is 0 Å². The first-order valence-corrected chi connectivity index (χ1v) is 6.69. The van der Waals surface area contributed by atoms with E-state index in [1.807, 2.05) is 6.92 Å². The fourth-order valence-corrected chi connectivity index (χ4v) is 2.55. The number of rotatable bonds is 4. The molecule has 1 saturated carbocycles. The van der Waals surface area contributed by atoms with Crippen molar-refractivity contribution in [3.63, 3.8) is 0 Å². The van der Waals surface area contributed by atoms with E-state index in [2.05, 4.69) is 15.3 Å². The predicted octanol–water partition coefficient (Wildman–Crippen LogP) is 1.56. The molecule has 5 nitrogen and oxygen atoms in total. The number of nitrogens with two attached hydrogens (primary N) is 1. The van der Waals surface area contributed by atoms with E-state index in [9.17, 15) is 9.18 Å². The summed E-state index contributed by atoms with van der Waals surface area (Å²) in [7, 11) is 0. The van der Waals surface area contributed by atoms with Crippen LogP contribution in [0.2, 0.25) is 0 Å². The van der Waals surface area contributed by atoms with Gasteiger partial charge in [0.05, 0.1) is 22.9 Å².